The minimum Gasteiger partial charge on any atom is -0.353 e. The molecule has 0 aliphatic carbocycles. The second-order valence-electron chi connectivity index (χ2n) is 3.48. The molecule has 0 saturated carbocycles. The molecular formula is C12H10ClFN2. The van der Waals surface area contributed by atoms with Gasteiger partial charge in [0.25, 0.3) is 0 Å². The molecule has 1 N–H and O–H groups in total. The summed E-state index contributed by atoms with van der Waals surface area (Å²) >= 11 is 5.73. The van der Waals surface area contributed by atoms with Gasteiger partial charge in [0, 0.05) is 11.9 Å². The van der Waals surface area contributed by atoms with Crippen LogP contribution in [0.4, 0.5) is 15.8 Å². The van der Waals surface area contributed by atoms with Crippen molar-refractivity contribution in [2.75, 3.05) is 5.32 Å². The van der Waals surface area contributed by atoms with Gasteiger partial charge in [0.15, 0.2) is 0 Å². The summed E-state index contributed by atoms with van der Waals surface area (Å²) in [6.07, 6.45) is 1.57. The lowest BCUT2D eigenvalue weighted by molar-refractivity contribution is 0.631. The monoisotopic (exact) mass is 236 g/mol. The maximum absolute atomic E-state index is 13.5. The van der Waals surface area contributed by atoms with Crippen LogP contribution in [0.1, 0.15) is 5.56 Å². The molecular weight excluding hydrogens is 227 g/mol. The first-order valence-corrected chi connectivity index (χ1v) is 5.18. The Morgan fingerprint density at radius 2 is 2.06 bits per heavy atom. The standard InChI is InChI=1S/C12H10ClFN2/c1-8-2-3-11(10(14)6-8)16-9-4-5-15-12(13)7-9/h2-7H,1H3,(H,15,16). The molecule has 0 fully saturated rings. The van der Waals surface area contributed by atoms with Crippen molar-refractivity contribution in [3.05, 3.63) is 53.1 Å². The normalized spacial score (nSPS) is 10.2. The van der Waals surface area contributed by atoms with Crippen molar-refractivity contribution < 1.29 is 4.39 Å². The van der Waals surface area contributed by atoms with Gasteiger partial charge in [0.05, 0.1) is 5.69 Å². The number of nitrogens with one attached hydrogen (secondary N) is 1. The summed E-state index contributed by atoms with van der Waals surface area (Å²) in [5.74, 6) is -0.284. The van der Waals surface area contributed by atoms with Crippen LogP contribution in [0.25, 0.3) is 0 Å². The van der Waals surface area contributed by atoms with Crippen molar-refractivity contribution in [2.45, 2.75) is 6.92 Å². The Hall–Kier alpha value is -1.61. The molecule has 4 heteroatoms. The van der Waals surface area contributed by atoms with Gasteiger partial charge in [-0.15, -0.1) is 0 Å². The maximum Gasteiger partial charge on any atom is 0.146 e. The van der Waals surface area contributed by atoms with Crippen molar-refractivity contribution in [1.29, 1.82) is 0 Å². The average molecular weight is 237 g/mol. The van der Waals surface area contributed by atoms with E-state index in [1.54, 1.807) is 24.4 Å². The zero-order chi connectivity index (χ0) is 11.5. The summed E-state index contributed by atoms with van der Waals surface area (Å²) in [5, 5.41) is 3.31. The van der Waals surface area contributed by atoms with Gasteiger partial charge in [-0.25, -0.2) is 9.37 Å². The highest BCUT2D eigenvalue weighted by molar-refractivity contribution is 6.29. The van der Waals surface area contributed by atoms with Crippen LogP contribution >= 0.6 is 11.6 Å². The molecule has 1 aromatic heterocycles. The Balaban J connectivity index is 2.27. The molecule has 82 valence electrons. The largest absolute Gasteiger partial charge is 0.353 e. The molecule has 2 nitrogen and oxygen atoms in total. The maximum atomic E-state index is 13.5. The van der Waals surface area contributed by atoms with Crippen molar-refractivity contribution in [2.24, 2.45) is 0 Å². The van der Waals surface area contributed by atoms with E-state index in [1.165, 1.54) is 6.07 Å². The van der Waals surface area contributed by atoms with Crippen LogP contribution in [0.2, 0.25) is 5.15 Å². The van der Waals surface area contributed by atoms with Gasteiger partial charge in [0.1, 0.15) is 11.0 Å². The number of nitrogens with zero attached hydrogens (tertiary/aromatic N) is 1. The summed E-state index contributed by atoms with van der Waals surface area (Å²) in [7, 11) is 0. The number of aryl methyl sites for hydroxylation is 1. The highest BCUT2D eigenvalue weighted by Gasteiger charge is 2.02. The molecule has 0 aliphatic heterocycles. The first kappa shape index (κ1) is 10.9. The molecule has 1 heterocycles. The van der Waals surface area contributed by atoms with E-state index in [-0.39, 0.29) is 5.82 Å². The Morgan fingerprint density at radius 1 is 1.25 bits per heavy atom. The van der Waals surface area contributed by atoms with E-state index in [9.17, 15) is 4.39 Å². The van der Waals surface area contributed by atoms with Crippen molar-refractivity contribution >= 4 is 23.0 Å². The van der Waals surface area contributed by atoms with Gasteiger partial charge in [-0.05, 0) is 36.8 Å². The lowest BCUT2D eigenvalue weighted by Gasteiger charge is -2.07. The van der Waals surface area contributed by atoms with Crippen molar-refractivity contribution in [1.82, 2.24) is 4.98 Å². The van der Waals surface area contributed by atoms with Crippen LogP contribution < -0.4 is 5.32 Å². The molecule has 0 amide bonds. The van der Waals surface area contributed by atoms with Gasteiger partial charge in [-0.2, -0.15) is 0 Å². The molecule has 0 spiro atoms. The molecule has 0 unspecified atom stereocenters. The predicted octanol–water partition coefficient (Wildman–Crippen LogP) is 3.93. The lowest BCUT2D eigenvalue weighted by Crippen LogP contribution is -1.94. The number of rotatable bonds is 2. The Kier molecular flexibility index (Phi) is 3.06. The third-order valence-corrected chi connectivity index (χ3v) is 2.34. The minimum atomic E-state index is -0.284. The molecule has 2 aromatic rings. The molecule has 0 saturated heterocycles. The van der Waals surface area contributed by atoms with E-state index in [0.29, 0.717) is 16.5 Å². The fourth-order valence-corrected chi connectivity index (χ4v) is 1.53. The lowest BCUT2D eigenvalue weighted by atomic mass is 10.2. The molecule has 0 radical (unpaired) electrons. The molecule has 1 aromatic carbocycles. The summed E-state index contributed by atoms with van der Waals surface area (Å²) < 4.78 is 13.5. The van der Waals surface area contributed by atoms with Crippen LogP contribution in [-0.2, 0) is 0 Å². The van der Waals surface area contributed by atoms with Crippen LogP contribution in [0, 0.1) is 12.7 Å². The SMILES string of the molecule is Cc1ccc(Nc2ccnc(Cl)c2)c(F)c1. The zero-order valence-corrected chi connectivity index (χ0v) is 9.42. The highest BCUT2D eigenvalue weighted by Crippen LogP contribution is 2.21. The molecule has 0 bridgehead atoms. The van der Waals surface area contributed by atoms with Crippen LogP contribution in [0.5, 0.6) is 0 Å². The van der Waals surface area contributed by atoms with E-state index in [2.05, 4.69) is 10.3 Å². The first-order chi connectivity index (χ1) is 7.65. The number of benzene rings is 1. The fourth-order valence-electron chi connectivity index (χ4n) is 1.36. The summed E-state index contributed by atoms with van der Waals surface area (Å²) in [5.41, 5.74) is 2.02. The first-order valence-electron chi connectivity index (χ1n) is 4.80. The molecule has 2 rings (SSSR count). The van der Waals surface area contributed by atoms with Crippen LogP contribution in [0.15, 0.2) is 36.5 Å². The third kappa shape index (κ3) is 2.49. The second kappa shape index (κ2) is 4.49. The fraction of sp³-hybridized carbons (Fsp3) is 0.0833. The number of pyridine rings is 1. The van der Waals surface area contributed by atoms with Gasteiger partial charge >= 0.3 is 0 Å². The van der Waals surface area contributed by atoms with Crippen LogP contribution in [-0.4, -0.2) is 4.98 Å². The Labute approximate surface area is 98.1 Å². The Morgan fingerprint density at radius 3 is 2.75 bits per heavy atom. The van der Waals surface area contributed by atoms with Gasteiger partial charge in [-0.1, -0.05) is 17.7 Å². The van der Waals surface area contributed by atoms with E-state index in [0.717, 1.165) is 5.56 Å². The zero-order valence-electron chi connectivity index (χ0n) is 8.67. The smallest absolute Gasteiger partial charge is 0.146 e. The number of hydrogen-bond donors (Lipinski definition) is 1. The number of hydrogen-bond acceptors (Lipinski definition) is 2. The van der Waals surface area contributed by atoms with E-state index in [1.807, 2.05) is 13.0 Å². The van der Waals surface area contributed by atoms with Gasteiger partial charge < -0.3 is 5.32 Å². The van der Waals surface area contributed by atoms with Crippen molar-refractivity contribution in [3.8, 4) is 0 Å². The van der Waals surface area contributed by atoms with E-state index < -0.39 is 0 Å². The summed E-state index contributed by atoms with van der Waals surface area (Å²) in [4.78, 5) is 3.85. The predicted molar refractivity (Wildman–Crippen MR) is 63.7 cm³/mol. The Bertz CT molecular complexity index is 514. The number of aromatic nitrogens is 1. The highest BCUT2D eigenvalue weighted by atomic mass is 35.5. The van der Waals surface area contributed by atoms with Gasteiger partial charge in [-0.3, -0.25) is 0 Å². The second-order valence-corrected chi connectivity index (χ2v) is 3.86. The summed E-state index contributed by atoms with van der Waals surface area (Å²) in [6, 6.07) is 8.38. The third-order valence-electron chi connectivity index (χ3n) is 2.13. The van der Waals surface area contributed by atoms with E-state index in [4.69, 9.17) is 11.6 Å². The molecule has 16 heavy (non-hydrogen) atoms. The minimum absolute atomic E-state index is 0.284. The average Bonchev–Trinajstić information content (AvgIpc) is 2.22. The quantitative estimate of drug-likeness (QED) is 0.800. The summed E-state index contributed by atoms with van der Waals surface area (Å²) in [6.45, 7) is 1.84. The molecule has 0 aliphatic rings. The number of halogens is 2. The van der Waals surface area contributed by atoms with E-state index >= 15 is 0 Å². The molecule has 0 atom stereocenters. The number of anilines is 2. The van der Waals surface area contributed by atoms with Crippen LogP contribution in [0.3, 0.4) is 0 Å². The van der Waals surface area contributed by atoms with Gasteiger partial charge in [0.2, 0.25) is 0 Å². The topological polar surface area (TPSA) is 24.9 Å². The van der Waals surface area contributed by atoms with Crippen molar-refractivity contribution in [3.63, 3.8) is 0 Å².